The van der Waals surface area contributed by atoms with Gasteiger partial charge in [0.2, 0.25) is 0 Å². The molecule has 15 heavy (non-hydrogen) atoms. The van der Waals surface area contributed by atoms with E-state index in [2.05, 4.69) is 6.58 Å². The standard InChI is InChI=1S/C12H18O3/c1-8(2)4-5-9-6-11(14)12(3,15)7-10(9)13/h4-6,10-11,13-15H,1,7H2,2-3H3/t10-,11-,12+/m0/s1. The van der Waals surface area contributed by atoms with Gasteiger partial charge in [-0.1, -0.05) is 24.3 Å². The van der Waals surface area contributed by atoms with Gasteiger partial charge in [-0.05, 0) is 25.5 Å². The van der Waals surface area contributed by atoms with E-state index in [0.29, 0.717) is 5.57 Å². The molecule has 3 nitrogen and oxygen atoms in total. The monoisotopic (exact) mass is 210 g/mol. The summed E-state index contributed by atoms with van der Waals surface area (Å²) in [6.45, 7) is 7.06. The Kier molecular flexibility index (Phi) is 3.50. The first kappa shape index (κ1) is 12.2. The third-order valence-electron chi connectivity index (χ3n) is 2.54. The van der Waals surface area contributed by atoms with Crippen molar-refractivity contribution in [2.75, 3.05) is 0 Å². The minimum Gasteiger partial charge on any atom is -0.388 e. The highest BCUT2D eigenvalue weighted by Crippen LogP contribution is 2.28. The minimum atomic E-state index is -1.25. The van der Waals surface area contributed by atoms with Crippen LogP contribution < -0.4 is 0 Å². The molecule has 0 aromatic rings. The number of aliphatic hydroxyl groups excluding tert-OH is 2. The van der Waals surface area contributed by atoms with Crippen LogP contribution in [-0.4, -0.2) is 33.1 Å². The third kappa shape index (κ3) is 3.02. The molecule has 0 aliphatic heterocycles. The second-order valence-electron chi connectivity index (χ2n) is 4.37. The Balaban J connectivity index is 2.87. The van der Waals surface area contributed by atoms with Crippen LogP contribution in [0.1, 0.15) is 20.3 Å². The number of aliphatic hydroxyl groups is 3. The van der Waals surface area contributed by atoms with Crippen molar-refractivity contribution in [2.45, 2.75) is 38.1 Å². The van der Waals surface area contributed by atoms with E-state index in [9.17, 15) is 15.3 Å². The molecule has 0 aromatic carbocycles. The Morgan fingerprint density at radius 1 is 1.60 bits per heavy atom. The Morgan fingerprint density at radius 3 is 2.73 bits per heavy atom. The molecule has 0 amide bonds. The lowest BCUT2D eigenvalue weighted by molar-refractivity contribution is -0.0706. The smallest absolute Gasteiger partial charge is 0.101 e. The Morgan fingerprint density at radius 2 is 2.20 bits per heavy atom. The molecular formula is C12H18O3. The van der Waals surface area contributed by atoms with Crippen LogP contribution in [0.2, 0.25) is 0 Å². The highest BCUT2D eigenvalue weighted by molar-refractivity contribution is 5.32. The summed E-state index contributed by atoms with van der Waals surface area (Å²) in [4.78, 5) is 0. The summed E-state index contributed by atoms with van der Waals surface area (Å²) >= 11 is 0. The fraction of sp³-hybridized carbons (Fsp3) is 0.500. The van der Waals surface area contributed by atoms with Crippen molar-refractivity contribution in [3.63, 3.8) is 0 Å². The van der Waals surface area contributed by atoms with Gasteiger partial charge in [-0.25, -0.2) is 0 Å². The lowest BCUT2D eigenvalue weighted by atomic mass is 9.82. The van der Waals surface area contributed by atoms with Crippen LogP contribution in [0, 0.1) is 0 Å². The molecule has 0 saturated heterocycles. The summed E-state index contributed by atoms with van der Waals surface area (Å²) in [6.07, 6.45) is 3.42. The van der Waals surface area contributed by atoms with E-state index < -0.39 is 17.8 Å². The number of hydrogen-bond acceptors (Lipinski definition) is 3. The molecule has 0 bridgehead atoms. The molecule has 84 valence electrons. The molecule has 1 aliphatic carbocycles. The molecule has 3 N–H and O–H groups in total. The lowest BCUT2D eigenvalue weighted by Crippen LogP contribution is -2.45. The van der Waals surface area contributed by atoms with Crippen LogP contribution in [0.5, 0.6) is 0 Å². The molecule has 0 heterocycles. The van der Waals surface area contributed by atoms with E-state index >= 15 is 0 Å². The first-order chi connectivity index (χ1) is 6.83. The summed E-state index contributed by atoms with van der Waals surface area (Å²) in [6, 6.07) is 0. The second kappa shape index (κ2) is 4.31. The summed E-state index contributed by atoms with van der Waals surface area (Å²) in [5, 5.41) is 29.0. The molecule has 0 radical (unpaired) electrons. The zero-order chi connectivity index (χ0) is 11.6. The van der Waals surface area contributed by atoms with E-state index in [0.717, 1.165) is 5.57 Å². The predicted molar refractivity (Wildman–Crippen MR) is 59.3 cm³/mol. The van der Waals surface area contributed by atoms with Gasteiger partial charge in [0.1, 0.15) is 6.10 Å². The topological polar surface area (TPSA) is 60.7 Å². The lowest BCUT2D eigenvalue weighted by Gasteiger charge is -2.34. The summed E-state index contributed by atoms with van der Waals surface area (Å²) in [5.74, 6) is 0. The highest BCUT2D eigenvalue weighted by Gasteiger charge is 2.36. The molecule has 0 spiro atoms. The van der Waals surface area contributed by atoms with Crippen molar-refractivity contribution in [3.05, 3.63) is 36.0 Å². The molecule has 1 aliphatic rings. The van der Waals surface area contributed by atoms with E-state index in [1.54, 1.807) is 12.2 Å². The van der Waals surface area contributed by atoms with Gasteiger partial charge in [0.25, 0.3) is 0 Å². The zero-order valence-electron chi connectivity index (χ0n) is 9.14. The van der Waals surface area contributed by atoms with Crippen LogP contribution in [0.25, 0.3) is 0 Å². The Labute approximate surface area is 90.1 Å². The van der Waals surface area contributed by atoms with Crippen LogP contribution >= 0.6 is 0 Å². The molecule has 3 heteroatoms. The van der Waals surface area contributed by atoms with E-state index in [4.69, 9.17) is 0 Å². The molecule has 1 rings (SSSR count). The average Bonchev–Trinajstić information content (AvgIpc) is 2.08. The summed E-state index contributed by atoms with van der Waals surface area (Å²) in [5.41, 5.74) is 0.243. The largest absolute Gasteiger partial charge is 0.388 e. The van der Waals surface area contributed by atoms with Gasteiger partial charge in [0.15, 0.2) is 0 Å². The van der Waals surface area contributed by atoms with Gasteiger partial charge in [-0.3, -0.25) is 0 Å². The van der Waals surface area contributed by atoms with Crippen molar-refractivity contribution >= 4 is 0 Å². The zero-order valence-corrected chi connectivity index (χ0v) is 9.14. The van der Waals surface area contributed by atoms with Crippen LogP contribution in [-0.2, 0) is 0 Å². The van der Waals surface area contributed by atoms with Gasteiger partial charge in [-0.2, -0.15) is 0 Å². The molecular weight excluding hydrogens is 192 g/mol. The van der Waals surface area contributed by atoms with Crippen LogP contribution in [0.4, 0.5) is 0 Å². The quantitative estimate of drug-likeness (QED) is 0.594. The first-order valence-corrected chi connectivity index (χ1v) is 4.97. The number of allylic oxidation sites excluding steroid dienone is 2. The van der Waals surface area contributed by atoms with Gasteiger partial charge in [0.05, 0.1) is 11.7 Å². The molecule has 0 aromatic heterocycles. The van der Waals surface area contributed by atoms with Crippen molar-refractivity contribution in [1.29, 1.82) is 0 Å². The van der Waals surface area contributed by atoms with Crippen LogP contribution in [0.3, 0.4) is 0 Å². The third-order valence-corrected chi connectivity index (χ3v) is 2.54. The van der Waals surface area contributed by atoms with Crippen molar-refractivity contribution in [3.8, 4) is 0 Å². The van der Waals surface area contributed by atoms with Crippen molar-refractivity contribution in [1.82, 2.24) is 0 Å². The maximum absolute atomic E-state index is 9.71. The maximum Gasteiger partial charge on any atom is 0.101 e. The maximum atomic E-state index is 9.71. The second-order valence-corrected chi connectivity index (χ2v) is 4.37. The number of rotatable bonds is 2. The average molecular weight is 210 g/mol. The molecule has 3 atom stereocenters. The van der Waals surface area contributed by atoms with Gasteiger partial charge >= 0.3 is 0 Å². The van der Waals surface area contributed by atoms with Crippen molar-refractivity contribution < 1.29 is 15.3 Å². The fourth-order valence-corrected chi connectivity index (χ4v) is 1.51. The molecule has 0 saturated carbocycles. The normalized spacial score (nSPS) is 36.7. The Bertz CT molecular complexity index is 313. The highest BCUT2D eigenvalue weighted by atomic mass is 16.3. The first-order valence-electron chi connectivity index (χ1n) is 4.97. The molecule has 0 unspecified atom stereocenters. The summed E-state index contributed by atoms with van der Waals surface area (Å²) in [7, 11) is 0. The van der Waals surface area contributed by atoms with Gasteiger partial charge in [0, 0.05) is 6.42 Å². The van der Waals surface area contributed by atoms with Crippen LogP contribution in [0.15, 0.2) is 36.0 Å². The SMILES string of the molecule is C=C(C)C=CC1=C[C@H](O)[C@](C)(O)C[C@@H]1O. The summed E-state index contributed by atoms with van der Waals surface area (Å²) < 4.78 is 0. The van der Waals surface area contributed by atoms with Gasteiger partial charge < -0.3 is 15.3 Å². The van der Waals surface area contributed by atoms with Crippen molar-refractivity contribution in [2.24, 2.45) is 0 Å². The fourth-order valence-electron chi connectivity index (χ4n) is 1.51. The minimum absolute atomic E-state index is 0.139. The van der Waals surface area contributed by atoms with E-state index in [-0.39, 0.29) is 6.42 Å². The van der Waals surface area contributed by atoms with E-state index in [1.807, 2.05) is 6.92 Å². The van der Waals surface area contributed by atoms with Gasteiger partial charge in [-0.15, -0.1) is 0 Å². The number of hydrogen-bond donors (Lipinski definition) is 3. The predicted octanol–water partition coefficient (Wildman–Crippen LogP) is 0.922. The molecule has 0 fully saturated rings. The van der Waals surface area contributed by atoms with E-state index in [1.165, 1.54) is 13.0 Å². The Hall–Kier alpha value is -0.900.